The molecule has 3 rings (SSSR count). The SMILES string of the molecule is CC(C)(Cc1ccccc1)NC(=O)/C(=C/c1ccco1)c1ccccc1. The van der Waals surface area contributed by atoms with Gasteiger partial charge < -0.3 is 9.73 Å². The van der Waals surface area contributed by atoms with Gasteiger partial charge in [-0.2, -0.15) is 0 Å². The average Bonchev–Trinajstić information content (AvgIpc) is 3.13. The van der Waals surface area contributed by atoms with Crippen LogP contribution in [0.2, 0.25) is 0 Å². The van der Waals surface area contributed by atoms with Crippen molar-refractivity contribution in [3.05, 3.63) is 95.9 Å². The third kappa shape index (κ3) is 4.73. The second-order valence-electron chi connectivity index (χ2n) is 6.94. The Kier molecular flexibility index (Phi) is 5.37. The van der Waals surface area contributed by atoms with E-state index in [1.165, 1.54) is 5.56 Å². The summed E-state index contributed by atoms with van der Waals surface area (Å²) in [6.07, 6.45) is 4.14. The maximum atomic E-state index is 13.1. The summed E-state index contributed by atoms with van der Waals surface area (Å²) in [6.45, 7) is 4.07. The standard InChI is InChI=1S/C23H23NO2/c1-23(2,17-18-10-5-3-6-11-18)24-22(25)21(16-20-14-9-15-26-20)19-12-7-4-8-13-19/h3-16H,17H2,1-2H3,(H,24,25)/b21-16+. The van der Waals surface area contributed by atoms with Gasteiger partial charge in [0.15, 0.2) is 0 Å². The molecule has 0 atom stereocenters. The first-order valence-corrected chi connectivity index (χ1v) is 8.71. The van der Waals surface area contributed by atoms with Gasteiger partial charge in [-0.05, 0) is 49.6 Å². The molecule has 0 radical (unpaired) electrons. The van der Waals surface area contributed by atoms with Gasteiger partial charge in [0.2, 0.25) is 0 Å². The highest BCUT2D eigenvalue weighted by Crippen LogP contribution is 2.21. The second kappa shape index (κ2) is 7.87. The van der Waals surface area contributed by atoms with Crippen molar-refractivity contribution in [2.24, 2.45) is 0 Å². The number of carbonyl (C=O) groups is 1. The smallest absolute Gasteiger partial charge is 0.252 e. The highest BCUT2D eigenvalue weighted by atomic mass is 16.3. The molecule has 1 aromatic heterocycles. The zero-order chi connectivity index (χ0) is 18.4. The number of nitrogens with one attached hydrogen (secondary N) is 1. The first kappa shape index (κ1) is 17.7. The van der Waals surface area contributed by atoms with Crippen molar-refractivity contribution in [2.45, 2.75) is 25.8 Å². The molecule has 0 fully saturated rings. The van der Waals surface area contributed by atoms with E-state index in [0.29, 0.717) is 11.3 Å². The van der Waals surface area contributed by atoms with Crippen molar-refractivity contribution in [3.8, 4) is 0 Å². The highest BCUT2D eigenvalue weighted by molar-refractivity contribution is 6.24. The molecule has 0 aliphatic rings. The quantitative estimate of drug-likeness (QED) is 0.642. The van der Waals surface area contributed by atoms with E-state index in [2.05, 4.69) is 17.4 Å². The lowest BCUT2D eigenvalue weighted by Gasteiger charge is -2.27. The predicted octanol–water partition coefficient (Wildman–Crippen LogP) is 4.96. The maximum Gasteiger partial charge on any atom is 0.252 e. The van der Waals surface area contributed by atoms with Crippen LogP contribution < -0.4 is 5.32 Å². The molecule has 3 heteroatoms. The lowest BCUT2D eigenvalue weighted by Crippen LogP contribution is -2.45. The number of furan rings is 1. The zero-order valence-electron chi connectivity index (χ0n) is 15.1. The molecular weight excluding hydrogens is 322 g/mol. The number of amides is 1. The van der Waals surface area contributed by atoms with Crippen molar-refractivity contribution in [2.75, 3.05) is 0 Å². The van der Waals surface area contributed by atoms with Crippen LogP contribution in [0.5, 0.6) is 0 Å². The Hall–Kier alpha value is -3.07. The van der Waals surface area contributed by atoms with Gasteiger partial charge in [-0.15, -0.1) is 0 Å². The predicted molar refractivity (Wildman–Crippen MR) is 105 cm³/mol. The van der Waals surface area contributed by atoms with Gasteiger partial charge in [-0.1, -0.05) is 60.7 Å². The average molecular weight is 345 g/mol. The van der Waals surface area contributed by atoms with E-state index in [0.717, 1.165) is 12.0 Å². The summed E-state index contributed by atoms with van der Waals surface area (Å²) in [5.74, 6) is 0.536. The molecule has 0 saturated carbocycles. The molecule has 26 heavy (non-hydrogen) atoms. The number of carbonyl (C=O) groups excluding carboxylic acids is 1. The summed E-state index contributed by atoms with van der Waals surface area (Å²) in [7, 11) is 0. The van der Waals surface area contributed by atoms with Gasteiger partial charge in [0.25, 0.3) is 5.91 Å². The molecule has 2 aromatic carbocycles. The molecule has 0 aliphatic heterocycles. The van der Waals surface area contributed by atoms with Crippen LogP contribution in [0.4, 0.5) is 0 Å². The fraction of sp³-hybridized carbons (Fsp3) is 0.174. The number of benzene rings is 2. The Morgan fingerprint density at radius 2 is 1.62 bits per heavy atom. The Bertz CT molecular complexity index is 863. The molecule has 3 nitrogen and oxygen atoms in total. The topological polar surface area (TPSA) is 42.2 Å². The van der Waals surface area contributed by atoms with Crippen molar-refractivity contribution < 1.29 is 9.21 Å². The van der Waals surface area contributed by atoms with Gasteiger partial charge >= 0.3 is 0 Å². The van der Waals surface area contributed by atoms with Crippen LogP contribution in [0, 0.1) is 0 Å². The summed E-state index contributed by atoms with van der Waals surface area (Å²) in [4.78, 5) is 13.1. The molecule has 1 amide bonds. The summed E-state index contributed by atoms with van der Waals surface area (Å²) in [5.41, 5.74) is 2.25. The number of rotatable bonds is 6. The fourth-order valence-corrected chi connectivity index (χ4v) is 2.94. The maximum absolute atomic E-state index is 13.1. The van der Waals surface area contributed by atoms with E-state index in [-0.39, 0.29) is 11.4 Å². The third-order valence-corrected chi connectivity index (χ3v) is 4.10. The van der Waals surface area contributed by atoms with Crippen LogP contribution in [-0.4, -0.2) is 11.4 Å². The van der Waals surface area contributed by atoms with Crippen LogP contribution in [0.1, 0.15) is 30.7 Å². The molecular formula is C23H23NO2. The zero-order valence-corrected chi connectivity index (χ0v) is 15.1. The first-order valence-electron chi connectivity index (χ1n) is 8.71. The Labute approximate surface area is 154 Å². The van der Waals surface area contributed by atoms with Gasteiger partial charge in [-0.3, -0.25) is 4.79 Å². The lowest BCUT2D eigenvalue weighted by atomic mass is 9.93. The van der Waals surface area contributed by atoms with Crippen molar-refractivity contribution >= 4 is 17.6 Å². The third-order valence-electron chi connectivity index (χ3n) is 4.10. The van der Waals surface area contributed by atoms with Gasteiger partial charge in [-0.25, -0.2) is 0 Å². The summed E-state index contributed by atoms with van der Waals surface area (Å²) < 4.78 is 5.41. The number of hydrogen-bond donors (Lipinski definition) is 1. The molecule has 3 aromatic rings. The van der Waals surface area contributed by atoms with Gasteiger partial charge in [0.1, 0.15) is 5.76 Å². The summed E-state index contributed by atoms with van der Waals surface area (Å²) in [6, 6.07) is 23.5. The van der Waals surface area contributed by atoms with E-state index < -0.39 is 0 Å². The normalized spacial score (nSPS) is 12.0. The van der Waals surface area contributed by atoms with E-state index in [1.54, 1.807) is 12.3 Å². The molecule has 132 valence electrons. The highest BCUT2D eigenvalue weighted by Gasteiger charge is 2.23. The first-order chi connectivity index (χ1) is 12.5. The van der Waals surface area contributed by atoms with E-state index in [4.69, 9.17) is 4.42 Å². The van der Waals surface area contributed by atoms with Crippen molar-refractivity contribution in [3.63, 3.8) is 0 Å². The van der Waals surface area contributed by atoms with Gasteiger partial charge in [0, 0.05) is 5.54 Å². The fourth-order valence-electron chi connectivity index (χ4n) is 2.94. The van der Waals surface area contributed by atoms with E-state index >= 15 is 0 Å². The van der Waals surface area contributed by atoms with Crippen molar-refractivity contribution in [1.29, 1.82) is 0 Å². The summed E-state index contributed by atoms with van der Waals surface area (Å²) >= 11 is 0. The molecule has 0 saturated heterocycles. The Morgan fingerprint density at radius 3 is 2.23 bits per heavy atom. The van der Waals surface area contributed by atoms with Gasteiger partial charge in [0.05, 0.1) is 11.8 Å². The monoisotopic (exact) mass is 345 g/mol. The van der Waals surface area contributed by atoms with Crippen molar-refractivity contribution in [1.82, 2.24) is 5.32 Å². The van der Waals surface area contributed by atoms with Crippen LogP contribution in [-0.2, 0) is 11.2 Å². The van der Waals surface area contributed by atoms with Crippen LogP contribution >= 0.6 is 0 Å². The minimum Gasteiger partial charge on any atom is -0.465 e. The Morgan fingerprint density at radius 1 is 0.962 bits per heavy atom. The minimum absolute atomic E-state index is 0.117. The Balaban J connectivity index is 1.84. The summed E-state index contributed by atoms with van der Waals surface area (Å²) in [5, 5.41) is 3.17. The molecule has 0 bridgehead atoms. The lowest BCUT2D eigenvalue weighted by molar-refractivity contribution is -0.117. The van der Waals surface area contributed by atoms with Crippen LogP contribution in [0.25, 0.3) is 11.6 Å². The second-order valence-corrected chi connectivity index (χ2v) is 6.94. The largest absolute Gasteiger partial charge is 0.465 e. The molecule has 1 N–H and O–H groups in total. The molecule has 1 heterocycles. The van der Waals surface area contributed by atoms with E-state index in [1.807, 2.05) is 74.5 Å². The molecule has 0 unspecified atom stereocenters. The van der Waals surface area contributed by atoms with Crippen LogP contribution in [0.3, 0.4) is 0 Å². The molecule has 0 aliphatic carbocycles. The minimum atomic E-state index is -0.379. The number of hydrogen-bond acceptors (Lipinski definition) is 2. The van der Waals surface area contributed by atoms with E-state index in [9.17, 15) is 4.79 Å². The van der Waals surface area contributed by atoms with Crippen LogP contribution in [0.15, 0.2) is 83.5 Å². The molecule has 0 spiro atoms.